The summed E-state index contributed by atoms with van der Waals surface area (Å²) in [5, 5.41) is 10.2. The van der Waals surface area contributed by atoms with Gasteiger partial charge in [0.25, 0.3) is 0 Å². The lowest BCUT2D eigenvalue weighted by Crippen LogP contribution is -2.19. The molecule has 0 fully saturated rings. The van der Waals surface area contributed by atoms with Gasteiger partial charge in [-0.3, -0.25) is 9.48 Å². The van der Waals surface area contributed by atoms with Crippen LogP contribution in [0.15, 0.2) is 55.0 Å². The van der Waals surface area contributed by atoms with Gasteiger partial charge in [0, 0.05) is 23.6 Å². The summed E-state index contributed by atoms with van der Waals surface area (Å²) in [6.45, 7) is 1.53. The number of alkyl halides is 3. The smallest absolute Gasteiger partial charge is 0.435 e. The van der Waals surface area contributed by atoms with E-state index in [0.717, 1.165) is 16.9 Å². The van der Waals surface area contributed by atoms with Crippen LogP contribution in [0.4, 0.5) is 18.9 Å². The second-order valence-electron chi connectivity index (χ2n) is 6.87. The van der Waals surface area contributed by atoms with Gasteiger partial charge in [0.15, 0.2) is 11.3 Å². The van der Waals surface area contributed by atoms with E-state index in [9.17, 15) is 22.8 Å². The van der Waals surface area contributed by atoms with E-state index in [1.54, 1.807) is 37.3 Å². The van der Waals surface area contributed by atoms with E-state index in [-0.39, 0.29) is 18.7 Å². The van der Waals surface area contributed by atoms with Crippen molar-refractivity contribution in [3.8, 4) is 11.3 Å². The van der Waals surface area contributed by atoms with Gasteiger partial charge in [0.05, 0.1) is 18.5 Å². The minimum absolute atomic E-state index is 0.216. The van der Waals surface area contributed by atoms with Crippen LogP contribution < -0.4 is 5.32 Å². The molecule has 0 atom stereocenters. The summed E-state index contributed by atoms with van der Waals surface area (Å²) in [5.41, 5.74) is 1.16. The van der Waals surface area contributed by atoms with Crippen LogP contribution in [0, 0.1) is 0 Å². The summed E-state index contributed by atoms with van der Waals surface area (Å²) in [6, 6.07) is 9.27. The number of anilines is 1. The Balaban J connectivity index is 1.55. The average molecular weight is 458 g/mol. The fraction of sp³-hybridized carbons (Fsp3) is 0.190. The molecule has 9 nitrogen and oxygen atoms in total. The summed E-state index contributed by atoms with van der Waals surface area (Å²) < 4.78 is 45.4. The molecule has 0 radical (unpaired) electrons. The fourth-order valence-corrected chi connectivity index (χ4v) is 3.17. The lowest BCUT2D eigenvalue weighted by Gasteiger charge is -2.09. The zero-order valence-electron chi connectivity index (χ0n) is 17.2. The first kappa shape index (κ1) is 22.0. The predicted molar refractivity (Wildman–Crippen MR) is 110 cm³/mol. The van der Waals surface area contributed by atoms with E-state index in [0.29, 0.717) is 22.6 Å². The van der Waals surface area contributed by atoms with Crippen LogP contribution in [-0.2, 0) is 22.3 Å². The molecule has 1 amide bonds. The van der Waals surface area contributed by atoms with Crippen molar-refractivity contribution in [2.24, 2.45) is 0 Å². The molecule has 0 saturated heterocycles. The Morgan fingerprint density at radius 2 is 2.00 bits per heavy atom. The molecule has 3 aromatic heterocycles. The highest BCUT2D eigenvalue weighted by Gasteiger charge is 2.33. The van der Waals surface area contributed by atoms with E-state index in [4.69, 9.17) is 4.74 Å². The molecule has 4 rings (SSSR count). The van der Waals surface area contributed by atoms with Crippen molar-refractivity contribution in [3.05, 3.63) is 66.2 Å². The van der Waals surface area contributed by atoms with Crippen LogP contribution in [0.1, 0.15) is 23.0 Å². The number of hydrogen-bond acceptors (Lipinski definition) is 6. The normalized spacial score (nSPS) is 11.5. The topological polar surface area (TPSA) is 103 Å². The number of nitrogens with zero attached hydrogens (tertiary/aromatic N) is 5. The van der Waals surface area contributed by atoms with Crippen LogP contribution >= 0.6 is 0 Å². The van der Waals surface area contributed by atoms with Gasteiger partial charge >= 0.3 is 12.1 Å². The number of benzene rings is 1. The maximum absolute atomic E-state index is 12.7. The molecule has 1 aromatic carbocycles. The maximum Gasteiger partial charge on any atom is 0.435 e. The molecular formula is C21H17F3N6O3. The third kappa shape index (κ3) is 4.68. The van der Waals surface area contributed by atoms with Crippen molar-refractivity contribution >= 4 is 23.2 Å². The van der Waals surface area contributed by atoms with E-state index in [1.165, 1.54) is 16.9 Å². The van der Waals surface area contributed by atoms with Crippen LogP contribution in [0.5, 0.6) is 0 Å². The molecule has 0 aliphatic carbocycles. The molecule has 0 aliphatic rings. The first-order chi connectivity index (χ1) is 15.8. The number of amides is 1. The molecule has 0 spiro atoms. The molecule has 0 unspecified atom stereocenters. The van der Waals surface area contributed by atoms with E-state index in [2.05, 4.69) is 20.5 Å². The quantitative estimate of drug-likeness (QED) is 0.444. The van der Waals surface area contributed by atoms with Crippen molar-refractivity contribution in [2.75, 3.05) is 11.9 Å². The highest BCUT2D eigenvalue weighted by molar-refractivity contribution is 5.96. The number of esters is 1. The van der Waals surface area contributed by atoms with Crippen LogP contribution in [-0.4, -0.2) is 42.9 Å². The van der Waals surface area contributed by atoms with Gasteiger partial charge in [-0.15, -0.1) is 0 Å². The van der Waals surface area contributed by atoms with Crippen LogP contribution in [0.3, 0.4) is 0 Å². The Kier molecular flexibility index (Phi) is 5.82. The molecule has 33 heavy (non-hydrogen) atoms. The van der Waals surface area contributed by atoms with Crippen molar-refractivity contribution in [3.63, 3.8) is 0 Å². The van der Waals surface area contributed by atoms with Gasteiger partial charge in [0.2, 0.25) is 5.91 Å². The van der Waals surface area contributed by atoms with E-state index in [1.807, 2.05) is 0 Å². The highest BCUT2D eigenvalue weighted by atomic mass is 19.4. The summed E-state index contributed by atoms with van der Waals surface area (Å²) in [7, 11) is 0. The summed E-state index contributed by atoms with van der Waals surface area (Å²) in [4.78, 5) is 28.6. The number of fused-ring (bicyclic) bond motifs is 1. The molecule has 0 bridgehead atoms. The minimum Gasteiger partial charge on any atom is -0.462 e. The Morgan fingerprint density at radius 1 is 1.18 bits per heavy atom. The minimum atomic E-state index is -4.58. The number of carbonyl (C=O) groups is 2. The Morgan fingerprint density at radius 3 is 2.73 bits per heavy atom. The highest BCUT2D eigenvalue weighted by Crippen LogP contribution is 2.27. The molecule has 170 valence electrons. The number of rotatable bonds is 6. The van der Waals surface area contributed by atoms with Gasteiger partial charge in [-0.05, 0) is 31.2 Å². The average Bonchev–Trinajstić information content (AvgIpc) is 3.41. The number of ether oxygens (including phenoxy) is 1. The summed E-state index contributed by atoms with van der Waals surface area (Å²) in [6.07, 6.45) is -0.595. The lowest BCUT2D eigenvalue weighted by atomic mass is 10.1. The Hall–Kier alpha value is -4.22. The van der Waals surface area contributed by atoms with Gasteiger partial charge in [-0.25, -0.2) is 14.3 Å². The number of hydrogen-bond donors (Lipinski definition) is 1. The second kappa shape index (κ2) is 8.73. The number of carbonyl (C=O) groups excluding carboxylic acids is 2. The Bertz CT molecular complexity index is 1330. The third-order valence-corrected chi connectivity index (χ3v) is 4.58. The van der Waals surface area contributed by atoms with Crippen molar-refractivity contribution in [1.82, 2.24) is 24.4 Å². The van der Waals surface area contributed by atoms with Crippen molar-refractivity contribution in [2.45, 2.75) is 19.6 Å². The molecular weight excluding hydrogens is 441 g/mol. The summed E-state index contributed by atoms with van der Waals surface area (Å²) in [5.74, 6) is -1.09. The van der Waals surface area contributed by atoms with Crippen LogP contribution in [0.2, 0.25) is 0 Å². The Labute approximate surface area is 184 Å². The molecule has 4 aromatic rings. The van der Waals surface area contributed by atoms with Gasteiger partial charge < -0.3 is 10.1 Å². The largest absolute Gasteiger partial charge is 0.462 e. The van der Waals surface area contributed by atoms with Crippen molar-refractivity contribution < 1.29 is 27.5 Å². The zero-order valence-corrected chi connectivity index (χ0v) is 17.2. The SMILES string of the molecule is CCOC(=O)c1cnn2c(-c3cccc(NC(=O)Cn4ccc(C(F)(F)F)n4)c3)ccnc12. The predicted octanol–water partition coefficient (Wildman–Crippen LogP) is 3.43. The van der Waals surface area contributed by atoms with Crippen molar-refractivity contribution in [1.29, 1.82) is 0 Å². The molecule has 0 aliphatic heterocycles. The number of halogens is 3. The second-order valence-corrected chi connectivity index (χ2v) is 6.87. The molecule has 12 heteroatoms. The van der Waals surface area contributed by atoms with Gasteiger partial charge in [-0.2, -0.15) is 23.4 Å². The first-order valence-corrected chi connectivity index (χ1v) is 9.77. The maximum atomic E-state index is 12.7. The van der Waals surface area contributed by atoms with Gasteiger partial charge in [0.1, 0.15) is 12.1 Å². The summed E-state index contributed by atoms with van der Waals surface area (Å²) >= 11 is 0. The third-order valence-electron chi connectivity index (χ3n) is 4.58. The van der Waals surface area contributed by atoms with Gasteiger partial charge in [-0.1, -0.05) is 12.1 Å². The van der Waals surface area contributed by atoms with E-state index >= 15 is 0 Å². The fourth-order valence-electron chi connectivity index (χ4n) is 3.17. The standard InChI is InChI=1S/C21H17F3N6O3/c1-2-33-20(32)15-11-26-30-16(6-8-25-19(15)30)13-4-3-5-14(10-13)27-18(31)12-29-9-7-17(28-29)21(22,23)24/h3-11H,2,12H2,1H3,(H,27,31). The molecule has 3 heterocycles. The first-order valence-electron chi connectivity index (χ1n) is 9.77. The monoisotopic (exact) mass is 458 g/mol. The number of aromatic nitrogens is 5. The number of nitrogens with one attached hydrogen (secondary N) is 1. The van der Waals surface area contributed by atoms with Crippen LogP contribution in [0.25, 0.3) is 16.9 Å². The molecule has 1 N–H and O–H groups in total. The van der Waals surface area contributed by atoms with E-state index < -0.39 is 23.7 Å². The lowest BCUT2D eigenvalue weighted by molar-refractivity contribution is -0.141. The molecule has 0 saturated carbocycles. The zero-order chi connectivity index (χ0) is 23.6.